The van der Waals surface area contributed by atoms with Gasteiger partial charge in [0.15, 0.2) is 0 Å². The molecule has 6 nitrogen and oxygen atoms in total. The van der Waals surface area contributed by atoms with Crippen molar-refractivity contribution in [1.82, 2.24) is 5.32 Å². The molecule has 2 N–H and O–H groups in total. The van der Waals surface area contributed by atoms with Gasteiger partial charge in [-0.15, -0.1) is 0 Å². The zero-order chi connectivity index (χ0) is 18.4. The SMILES string of the molecule is CCC1(C(=O)NC(=Nc2ccccc2)Nc2ccccc2)CCOC1=O. The van der Waals surface area contributed by atoms with Gasteiger partial charge in [-0.2, -0.15) is 0 Å². The summed E-state index contributed by atoms with van der Waals surface area (Å²) in [4.78, 5) is 29.5. The van der Waals surface area contributed by atoms with Crippen molar-refractivity contribution in [1.29, 1.82) is 0 Å². The second-order valence-electron chi connectivity index (χ2n) is 6.06. The highest BCUT2D eigenvalue weighted by Gasteiger charge is 2.50. The van der Waals surface area contributed by atoms with Gasteiger partial charge in [0.25, 0.3) is 0 Å². The highest BCUT2D eigenvalue weighted by Crippen LogP contribution is 2.33. The molecule has 0 aliphatic carbocycles. The molecule has 1 fully saturated rings. The fraction of sp³-hybridized carbons (Fsp3) is 0.250. The second kappa shape index (κ2) is 7.82. The molecule has 1 amide bonds. The number of hydrogen-bond acceptors (Lipinski definition) is 4. The van der Waals surface area contributed by atoms with E-state index in [9.17, 15) is 9.59 Å². The molecule has 6 heteroatoms. The number of anilines is 1. The summed E-state index contributed by atoms with van der Waals surface area (Å²) in [6.45, 7) is 2.07. The molecule has 26 heavy (non-hydrogen) atoms. The van der Waals surface area contributed by atoms with Crippen LogP contribution in [0.3, 0.4) is 0 Å². The molecule has 0 radical (unpaired) electrons. The fourth-order valence-electron chi connectivity index (χ4n) is 2.85. The Morgan fingerprint density at radius 2 is 1.77 bits per heavy atom. The Kier molecular flexibility index (Phi) is 5.31. The van der Waals surface area contributed by atoms with Crippen LogP contribution < -0.4 is 10.6 Å². The molecule has 1 unspecified atom stereocenters. The van der Waals surface area contributed by atoms with Gasteiger partial charge in [-0.25, -0.2) is 4.99 Å². The molecule has 1 heterocycles. The lowest BCUT2D eigenvalue weighted by molar-refractivity contribution is -0.151. The molecule has 1 aliphatic rings. The largest absolute Gasteiger partial charge is 0.465 e. The monoisotopic (exact) mass is 351 g/mol. The molecular formula is C20H21N3O3. The molecule has 3 rings (SSSR count). The van der Waals surface area contributed by atoms with Gasteiger partial charge in [-0.05, 0) is 30.7 Å². The van der Waals surface area contributed by atoms with Gasteiger partial charge in [-0.3, -0.25) is 14.9 Å². The van der Waals surface area contributed by atoms with Gasteiger partial charge in [0, 0.05) is 12.1 Å². The van der Waals surface area contributed by atoms with Crippen LogP contribution in [0.25, 0.3) is 0 Å². The Balaban J connectivity index is 1.87. The maximum Gasteiger partial charge on any atom is 0.321 e. The number of benzene rings is 2. The van der Waals surface area contributed by atoms with Crippen LogP contribution >= 0.6 is 0 Å². The number of para-hydroxylation sites is 2. The number of rotatable bonds is 4. The number of hydrogen-bond donors (Lipinski definition) is 2. The van der Waals surface area contributed by atoms with E-state index in [1.54, 1.807) is 0 Å². The van der Waals surface area contributed by atoms with E-state index in [1.165, 1.54) is 0 Å². The van der Waals surface area contributed by atoms with Gasteiger partial charge in [0.1, 0.15) is 5.41 Å². The first-order valence-corrected chi connectivity index (χ1v) is 8.58. The number of amides is 1. The van der Waals surface area contributed by atoms with E-state index in [2.05, 4.69) is 15.6 Å². The van der Waals surface area contributed by atoms with Crippen molar-refractivity contribution in [2.45, 2.75) is 19.8 Å². The average Bonchev–Trinajstić information content (AvgIpc) is 3.05. The Morgan fingerprint density at radius 1 is 1.12 bits per heavy atom. The van der Waals surface area contributed by atoms with E-state index in [1.807, 2.05) is 67.6 Å². The van der Waals surface area contributed by atoms with Crippen LogP contribution in [0.1, 0.15) is 19.8 Å². The van der Waals surface area contributed by atoms with E-state index in [-0.39, 0.29) is 12.6 Å². The van der Waals surface area contributed by atoms with Crippen molar-refractivity contribution >= 4 is 29.2 Å². The summed E-state index contributed by atoms with van der Waals surface area (Å²) in [7, 11) is 0. The first kappa shape index (κ1) is 17.7. The maximum absolute atomic E-state index is 12.9. The second-order valence-corrected chi connectivity index (χ2v) is 6.06. The van der Waals surface area contributed by atoms with Crippen molar-refractivity contribution in [3.8, 4) is 0 Å². The van der Waals surface area contributed by atoms with Crippen LogP contribution in [0.15, 0.2) is 65.7 Å². The summed E-state index contributed by atoms with van der Waals surface area (Å²) >= 11 is 0. The molecule has 1 atom stereocenters. The minimum absolute atomic E-state index is 0.261. The topological polar surface area (TPSA) is 79.8 Å². The zero-order valence-electron chi connectivity index (χ0n) is 14.6. The van der Waals surface area contributed by atoms with Gasteiger partial charge in [0.2, 0.25) is 11.9 Å². The maximum atomic E-state index is 12.9. The number of carbonyl (C=O) groups excluding carboxylic acids is 2. The standard InChI is InChI=1S/C20H21N3O3/c1-2-20(13-14-26-18(20)25)17(24)23-19(21-15-9-5-3-6-10-15)22-16-11-7-4-8-12-16/h3-12H,2,13-14H2,1H3,(H2,21,22,23,24). The van der Waals surface area contributed by atoms with Crippen LogP contribution in [0.5, 0.6) is 0 Å². The van der Waals surface area contributed by atoms with Gasteiger partial charge in [0.05, 0.1) is 12.3 Å². The smallest absolute Gasteiger partial charge is 0.321 e. The number of nitrogens with zero attached hydrogens (tertiary/aromatic N) is 1. The summed E-state index contributed by atoms with van der Waals surface area (Å²) in [5.74, 6) is -0.614. The fourth-order valence-corrected chi connectivity index (χ4v) is 2.85. The van der Waals surface area contributed by atoms with Crippen molar-refractivity contribution in [3.63, 3.8) is 0 Å². The summed E-state index contributed by atoms with van der Waals surface area (Å²) in [6, 6.07) is 18.7. The summed E-state index contributed by atoms with van der Waals surface area (Å²) in [5.41, 5.74) is 0.309. The first-order chi connectivity index (χ1) is 12.6. The molecule has 2 aromatic carbocycles. The number of guanidine groups is 1. The molecule has 1 aliphatic heterocycles. The Hall–Kier alpha value is -3.15. The van der Waals surface area contributed by atoms with E-state index in [4.69, 9.17) is 4.74 Å². The lowest BCUT2D eigenvalue weighted by Crippen LogP contribution is -2.48. The summed E-state index contributed by atoms with van der Waals surface area (Å²) in [5, 5.41) is 5.88. The number of ether oxygens (including phenoxy) is 1. The molecular weight excluding hydrogens is 330 g/mol. The van der Waals surface area contributed by atoms with Crippen LogP contribution in [-0.4, -0.2) is 24.4 Å². The van der Waals surface area contributed by atoms with Gasteiger partial charge in [-0.1, -0.05) is 43.3 Å². The number of nitrogens with one attached hydrogen (secondary N) is 2. The number of aliphatic imine (C=N–C) groups is 1. The molecule has 0 bridgehead atoms. The minimum atomic E-state index is -1.16. The van der Waals surface area contributed by atoms with E-state index >= 15 is 0 Å². The zero-order valence-corrected chi connectivity index (χ0v) is 14.6. The lowest BCUT2D eigenvalue weighted by Gasteiger charge is -2.22. The third-order valence-electron chi connectivity index (χ3n) is 4.46. The Morgan fingerprint density at radius 3 is 2.35 bits per heavy atom. The van der Waals surface area contributed by atoms with E-state index < -0.39 is 17.3 Å². The average molecular weight is 351 g/mol. The van der Waals surface area contributed by atoms with E-state index in [0.29, 0.717) is 18.5 Å². The van der Waals surface area contributed by atoms with Crippen LogP contribution in [-0.2, 0) is 14.3 Å². The normalized spacial score (nSPS) is 19.7. The lowest BCUT2D eigenvalue weighted by atomic mass is 9.83. The van der Waals surface area contributed by atoms with Crippen molar-refractivity contribution in [2.24, 2.45) is 10.4 Å². The molecule has 2 aromatic rings. The molecule has 0 saturated carbocycles. The Bertz CT molecular complexity index is 806. The van der Waals surface area contributed by atoms with Gasteiger partial charge < -0.3 is 10.1 Å². The van der Waals surface area contributed by atoms with Crippen molar-refractivity contribution in [2.75, 3.05) is 11.9 Å². The molecule has 0 spiro atoms. The van der Waals surface area contributed by atoms with E-state index in [0.717, 1.165) is 5.69 Å². The summed E-state index contributed by atoms with van der Waals surface area (Å²) < 4.78 is 5.04. The van der Waals surface area contributed by atoms with Crippen LogP contribution in [0, 0.1) is 5.41 Å². The Labute approximate surface area is 152 Å². The third-order valence-corrected chi connectivity index (χ3v) is 4.46. The molecule has 1 saturated heterocycles. The van der Waals surface area contributed by atoms with Crippen LogP contribution in [0.4, 0.5) is 11.4 Å². The molecule has 134 valence electrons. The third kappa shape index (κ3) is 3.74. The quantitative estimate of drug-likeness (QED) is 0.383. The van der Waals surface area contributed by atoms with Gasteiger partial charge >= 0.3 is 5.97 Å². The predicted molar refractivity (Wildman–Crippen MR) is 100 cm³/mol. The van der Waals surface area contributed by atoms with Crippen LogP contribution in [0.2, 0.25) is 0 Å². The first-order valence-electron chi connectivity index (χ1n) is 8.58. The highest BCUT2D eigenvalue weighted by atomic mass is 16.5. The van der Waals surface area contributed by atoms with Crippen molar-refractivity contribution < 1.29 is 14.3 Å². The predicted octanol–water partition coefficient (Wildman–Crippen LogP) is 3.25. The number of esters is 1. The number of cyclic esters (lactones) is 1. The molecule has 0 aromatic heterocycles. The number of carbonyl (C=O) groups is 2. The minimum Gasteiger partial charge on any atom is -0.465 e. The van der Waals surface area contributed by atoms with Crippen molar-refractivity contribution in [3.05, 3.63) is 60.7 Å². The summed E-state index contributed by atoms with van der Waals surface area (Å²) in [6.07, 6.45) is 0.750. The highest BCUT2D eigenvalue weighted by molar-refractivity contribution is 6.13.